The molecular formula is C27H24F3NO4. The Kier molecular flexibility index (Phi) is 7.12. The first-order valence-electron chi connectivity index (χ1n) is 11.1. The van der Waals surface area contributed by atoms with Gasteiger partial charge in [-0.3, -0.25) is 4.79 Å². The van der Waals surface area contributed by atoms with E-state index in [1.807, 2.05) is 42.5 Å². The smallest absolute Gasteiger partial charge is 0.416 e. The summed E-state index contributed by atoms with van der Waals surface area (Å²) >= 11 is 0. The van der Waals surface area contributed by atoms with Crippen molar-refractivity contribution < 1.29 is 31.9 Å². The summed E-state index contributed by atoms with van der Waals surface area (Å²) in [5.74, 6) is -0.775. The molecule has 4 aromatic rings. The molecule has 0 bridgehead atoms. The number of hydrogen-bond donors (Lipinski definition) is 1. The Morgan fingerprint density at radius 3 is 2.57 bits per heavy atom. The Labute approximate surface area is 200 Å². The molecule has 0 spiro atoms. The lowest BCUT2D eigenvalue weighted by molar-refractivity contribution is -0.143. The molecular weight excluding hydrogens is 459 g/mol. The van der Waals surface area contributed by atoms with E-state index in [0.29, 0.717) is 12.1 Å². The van der Waals surface area contributed by atoms with Crippen LogP contribution in [-0.2, 0) is 35.3 Å². The van der Waals surface area contributed by atoms with E-state index in [9.17, 15) is 18.0 Å². The average Bonchev–Trinajstić information content (AvgIpc) is 3.31. The molecule has 0 amide bonds. The van der Waals surface area contributed by atoms with Crippen LogP contribution in [0.2, 0.25) is 0 Å². The Hall–Kier alpha value is -3.78. The van der Waals surface area contributed by atoms with Crippen molar-refractivity contribution in [1.82, 2.24) is 0 Å². The minimum atomic E-state index is -4.64. The summed E-state index contributed by atoms with van der Waals surface area (Å²) in [6, 6.07) is 16.9. The molecule has 1 heterocycles. The number of fused-ring (bicyclic) bond motifs is 1. The van der Waals surface area contributed by atoms with E-state index >= 15 is 0 Å². The van der Waals surface area contributed by atoms with Crippen molar-refractivity contribution in [2.45, 2.75) is 32.7 Å². The van der Waals surface area contributed by atoms with E-state index in [1.165, 1.54) is 12.1 Å². The third kappa shape index (κ3) is 5.49. The summed E-state index contributed by atoms with van der Waals surface area (Å²) in [4.78, 5) is 12.0. The second-order valence-electron chi connectivity index (χ2n) is 7.94. The van der Waals surface area contributed by atoms with Crippen LogP contribution < -0.4 is 10.5 Å². The van der Waals surface area contributed by atoms with Gasteiger partial charge >= 0.3 is 12.1 Å². The van der Waals surface area contributed by atoms with Gasteiger partial charge in [-0.1, -0.05) is 24.3 Å². The SMILES string of the molecule is CCOC(=O)Cc1c(OCc2cc(-c3cccc(CN)c3)c3occc3c2)cccc1C(F)(F)F. The Morgan fingerprint density at radius 1 is 1.03 bits per heavy atom. The maximum Gasteiger partial charge on any atom is 0.416 e. The van der Waals surface area contributed by atoms with Crippen molar-refractivity contribution in [2.24, 2.45) is 5.73 Å². The fraction of sp³-hybridized carbons (Fsp3) is 0.222. The van der Waals surface area contributed by atoms with Gasteiger partial charge in [0.05, 0.1) is 24.9 Å². The third-order valence-corrected chi connectivity index (χ3v) is 5.54. The molecule has 0 saturated heterocycles. The van der Waals surface area contributed by atoms with Crippen LogP contribution in [0, 0.1) is 0 Å². The standard InChI is InChI=1S/C27H24F3NO4/c1-2-33-25(32)14-22-23(27(28,29)30)7-4-8-24(22)35-16-18-12-20-9-10-34-26(20)21(13-18)19-6-3-5-17(11-19)15-31/h3-13H,2,14-16,31H2,1H3. The molecule has 2 N–H and O–H groups in total. The summed E-state index contributed by atoms with van der Waals surface area (Å²) in [5.41, 5.74) is 8.70. The predicted molar refractivity (Wildman–Crippen MR) is 126 cm³/mol. The number of ether oxygens (including phenoxy) is 2. The molecule has 35 heavy (non-hydrogen) atoms. The molecule has 0 saturated carbocycles. The minimum absolute atomic E-state index is 0.0121. The maximum atomic E-state index is 13.6. The number of carbonyl (C=O) groups is 1. The highest BCUT2D eigenvalue weighted by Crippen LogP contribution is 2.37. The Balaban J connectivity index is 1.69. The van der Waals surface area contributed by atoms with Crippen LogP contribution in [0.25, 0.3) is 22.1 Å². The zero-order chi connectivity index (χ0) is 25.0. The van der Waals surface area contributed by atoms with Gasteiger partial charge in [0.25, 0.3) is 0 Å². The van der Waals surface area contributed by atoms with Gasteiger partial charge in [-0.05, 0) is 60.0 Å². The van der Waals surface area contributed by atoms with Crippen molar-refractivity contribution in [2.75, 3.05) is 6.61 Å². The normalized spacial score (nSPS) is 11.6. The van der Waals surface area contributed by atoms with Gasteiger partial charge in [0.2, 0.25) is 0 Å². The van der Waals surface area contributed by atoms with Crippen molar-refractivity contribution in [3.05, 3.63) is 89.2 Å². The number of halogens is 3. The first-order chi connectivity index (χ1) is 16.8. The summed E-state index contributed by atoms with van der Waals surface area (Å²) in [6.07, 6.45) is -3.61. The lowest BCUT2D eigenvalue weighted by Gasteiger charge is -2.17. The highest BCUT2D eigenvalue weighted by atomic mass is 19.4. The van der Waals surface area contributed by atoms with Crippen molar-refractivity contribution in [3.8, 4) is 16.9 Å². The number of rotatable bonds is 8. The molecule has 182 valence electrons. The van der Waals surface area contributed by atoms with Crippen LogP contribution in [0.3, 0.4) is 0 Å². The van der Waals surface area contributed by atoms with E-state index < -0.39 is 24.1 Å². The number of nitrogens with two attached hydrogens (primary N) is 1. The van der Waals surface area contributed by atoms with Crippen molar-refractivity contribution in [3.63, 3.8) is 0 Å². The van der Waals surface area contributed by atoms with Gasteiger partial charge < -0.3 is 19.6 Å². The molecule has 4 rings (SSSR count). The van der Waals surface area contributed by atoms with Gasteiger partial charge in [-0.15, -0.1) is 0 Å². The topological polar surface area (TPSA) is 74.7 Å². The molecule has 5 nitrogen and oxygen atoms in total. The second-order valence-corrected chi connectivity index (χ2v) is 7.94. The molecule has 0 atom stereocenters. The third-order valence-electron chi connectivity index (χ3n) is 5.54. The van der Waals surface area contributed by atoms with E-state index in [4.69, 9.17) is 19.6 Å². The lowest BCUT2D eigenvalue weighted by atomic mass is 9.99. The largest absolute Gasteiger partial charge is 0.489 e. The van der Waals surface area contributed by atoms with E-state index in [-0.39, 0.29) is 24.5 Å². The summed E-state index contributed by atoms with van der Waals surface area (Å²) in [6.45, 7) is 2.04. The molecule has 3 aromatic carbocycles. The fourth-order valence-electron chi connectivity index (χ4n) is 3.97. The van der Waals surface area contributed by atoms with Crippen LogP contribution in [0.15, 0.2) is 71.3 Å². The van der Waals surface area contributed by atoms with Crippen LogP contribution in [0.1, 0.15) is 29.2 Å². The average molecular weight is 483 g/mol. The Morgan fingerprint density at radius 2 is 1.83 bits per heavy atom. The number of carbonyl (C=O) groups excluding carboxylic acids is 1. The lowest BCUT2D eigenvalue weighted by Crippen LogP contribution is -2.16. The molecule has 0 aliphatic heterocycles. The summed E-state index contributed by atoms with van der Waals surface area (Å²) in [7, 11) is 0. The fourth-order valence-corrected chi connectivity index (χ4v) is 3.97. The van der Waals surface area contributed by atoms with E-state index in [1.54, 1.807) is 13.2 Å². The maximum absolute atomic E-state index is 13.6. The number of benzene rings is 3. The number of alkyl halides is 3. The molecule has 0 unspecified atom stereocenters. The second kappa shape index (κ2) is 10.2. The zero-order valence-corrected chi connectivity index (χ0v) is 19.0. The van der Waals surface area contributed by atoms with Crippen LogP contribution in [0.5, 0.6) is 5.75 Å². The van der Waals surface area contributed by atoms with Crippen molar-refractivity contribution >= 4 is 16.9 Å². The molecule has 0 aliphatic carbocycles. The summed E-state index contributed by atoms with van der Waals surface area (Å²) < 4.78 is 57.3. The molecule has 0 fully saturated rings. The molecule has 1 aromatic heterocycles. The summed E-state index contributed by atoms with van der Waals surface area (Å²) in [5, 5.41) is 0.829. The minimum Gasteiger partial charge on any atom is -0.489 e. The number of hydrogen-bond acceptors (Lipinski definition) is 5. The van der Waals surface area contributed by atoms with Gasteiger partial charge in [-0.25, -0.2) is 0 Å². The quantitative estimate of drug-likeness (QED) is 0.299. The highest BCUT2D eigenvalue weighted by Gasteiger charge is 2.35. The monoisotopic (exact) mass is 483 g/mol. The Bertz CT molecular complexity index is 1340. The van der Waals surface area contributed by atoms with E-state index in [2.05, 4.69) is 0 Å². The first-order valence-corrected chi connectivity index (χ1v) is 11.1. The van der Waals surface area contributed by atoms with Gasteiger partial charge in [-0.2, -0.15) is 13.2 Å². The number of esters is 1. The van der Waals surface area contributed by atoms with Crippen molar-refractivity contribution in [1.29, 1.82) is 0 Å². The highest BCUT2D eigenvalue weighted by molar-refractivity contribution is 5.93. The van der Waals surface area contributed by atoms with Gasteiger partial charge in [0.1, 0.15) is 17.9 Å². The molecule has 0 aliphatic rings. The van der Waals surface area contributed by atoms with Crippen LogP contribution >= 0.6 is 0 Å². The van der Waals surface area contributed by atoms with Crippen LogP contribution in [0.4, 0.5) is 13.2 Å². The van der Waals surface area contributed by atoms with Crippen LogP contribution in [-0.4, -0.2) is 12.6 Å². The predicted octanol–water partition coefficient (Wildman–Crippen LogP) is 6.26. The molecule has 8 heteroatoms. The number of furan rings is 1. The van der Waals surface area contributed by atoms with Gasteiger partial charge in [0.15, 0.2) is 0 Å². The first kappa shape index (κ1) is 24.3. The van der Waals surface area contributed by atoms with Gasteiger partial charge in [0, 0.05) is 23.1 Å². The molecule has 0 radical (unpaired) electrons. The zero-order valence-electron chi connectivity index (χ0n) is 19.0. The van der Waals surface area contributed by atoms with E-state index in [0.717, 1.165) is 33.7 Å².